The molecule has 2 aromatic heterocycles. The highest BCUT2D eigenvalue weighted by molar-refractivity contribution is 6.03. The third-order valence-corrected chi connectivity index (χ3v) is 5.94. The summed E-state index contributed by atoms with van der Waals surface area (Å²) in [4.78, 5) is 19.4. The maximum Gasteiger partial charge on any atom is 0.256 e. The largest absolute Gasteiger partial charge is 0.396 e. The minimum atomic E-state index is -0.192. The Morgan fingerprint density at radius 1 is 1.16 bits per heavy atom. The van der Waals surface area contributed by atoms with E-state index in [4.69, 9.17) is 5.10 Å². The first kappa shape index (κ1) is 21.3. The van der Waals surface area contributed by atoms with Crippen LogP contribution in [0.4, 0.5) is 11.6 Å². The molecule has 3 aromatic rings. The van der Waals surface area contributed by atoms with Gasteiger partial charge in [-0.3, -0.25) is 4.79 Å². The molecule has 7 heteroatoms. The predicted octanol–water partition coefficient (Wildman–Crippen LogP) is 4.02. The van der Waals surface area contributed by atoms with Crippen molar-refractivity contribution in [3.8, 4) is 0 Å². The Balaban J connectivity index is 1.51. The number of fused-ring (bicyclic) bond motifs is 1. The van der Waals surface area contributed by atoms with Gasteiger partial charge in [-0.25, -0.2) is 9.50 Å². The van der Waals surface area contributed by atoms with Gasteiger partial charge in [-0.2, -0.15) is 0 Å². The monoisotopic (exact) mass is 421 g/mol. The molecule has 0 saturated carbocycles. The zero-order chi connectivity index (χ0) is 22.0. The van der Waals surface area contributed by atoms with Crippen LogP contribution in [0.5, 0.6) is 0 Å². The Morgan fingerprint density at radius 2 is 1.94 bits per heavy atom. The Bertz CT molecular complexity index is 1050. The number of hydrogen-bond donors (Lipinski definition) is 2. The third-order valence-electron chi connectivity index (χ3n) is 5.94. The molecule has 1 saturated heterocycles. The molecule has 1 aliphatic heterocycles. The molecule has 4 rings (SSSR count). The number of hydrogen-bond acceptors (Lipinski definition) is 5. The number of amides is 1. The number of rotatable bonds is 5. The van der Waals surface area contributed by atoms with Crippen LogP contribution in [0.2, 0.25) is 0 Å². The molecule has 0 bridgehead atoms. The molecule has 1 atom stereocenters. The lowest BCUT2D eigenvalue weighted by Gasteiger charge is -2.36. The highest BCUT2D eigenvalue weighted by Gasteiger charge is 2.23. The first-order valence-electron chi connectivity index (χ1n) is 11.0. The molecule has 1 aromatic carbocycles. The summed E-state index contributed by atoms with van der Waals surface area (Å²) in [5.74, 6) is 1.15. The topological polar surface area (TPSA) is 82.8 Å². The van der Waals surface area contributed by atoms with Crippen molar-refractivity contribution < 1.29 is 9.90 Å². The Morgan fingerprint density at radius 3 is 2.65 bits per heavy atom. The molecule has 0 spiro atoms. The third kappa shape index (κ3) is 4.71. The Labute approximate surface area is 183 Å². The van der Waals surface area contributed by atoms with Crippen molar-refractivity contribution in [1.82, 2.24) is 14.6 Å². The van der Waals surface area contributed by atoms with E-state index in [-0.39, 0.29) is 17.9 Å². The lowest BCUT2D eigenvalue weighted by Crippen LogP contribution is -2.40. The summed E-state index contributed by atoms with van der Waals surface area (Å²) in [5.41, 5.74) is 2.51. The molecule has 1 aliphatic rings. The first-order chi connectivity index (χ1) is 14.8. The van der Waals surface area contributed by atoms with Gasteiger partial charge in [0.25, 0.3) is 5.91 Å². The van der Waals surface area contributed by atoms with Crippen LogP contribution in [-0.2, 0) is 5.41 Å². The number of nitrogens with one attached hydrogen (secondary N) is 1. The molecular formula is C24H31N5O2. The second-order valence-corrected chi connectivity index (χ2v) is 9.26. The lowest BCUT2D eigenvalue weighted by atomic mass is 9.87. The molecule has 3 heterocycles. The second-order valence-electron chi connectivity index (χ2n) is 9.26. The molecule has 1 fully saturated rings. The summed E-state index contributed by atoms with van der Waals surface area (Å²) in [5, 5.41) is 17.0. The molecule has 0 aliphatic carbocycles. The van der Waals surface area contributed by atoms with Crippen LogP contribution in [-0.4, -0.2) is 44.8 Å². The van der Waals surface area contributed by atoms with Crippen LogP contribution in [0.3, 0.4) is 0 Å². The SMILES string of the molecule is CC(C)(C)c1ccc(C(=O)Nc2cn3nc(N4CCCCC4CCO)ccc3n2)cc1. The molecule has 1 unspecified atom stereocenters. The fourth-order valence-corrected chi connectivity index (χ4v) is 4.15. The highest BCUT2D eigenvalue weighted by atomic mass is 16.3. The second kappa shape index (κ2) is 8.67. The number of benzene rings is 1. The fraction of sp³-hybridized carbons (Fsp3) is 0.458. The van der Waals surface area contributed by atoms with Gasteiger partial charge in [0.1, 0.15) is 5.82 Å². The maximum absolute atomic E-state index is 12.7. The zero-order valence-corrected chi connectivity index (χ0v) is 18.5. The van der Waals surface area contributed by atoms with E-state index in [0.717, 1.165) is 31.6 Å². The molecular weight excluding hydrogens is 390 g/mol. The quantitative estimate of drug-likeness (QED) is 0.650. The van der Waals surface area contributed by atoms with Crippen LogP contribution in [0.15, 0.2) is 42.6 Å². The van der Waals surface area contributed by atoms with Gasteiger partial charge in [0.15, 0.2) is 11.5 Å². The number of aliphatic hydroxyl groups is 1. The molecule has 2 N–H and O–H groups in total. The number of carbonyl (C=O) groups excluding carboxylic acids is 1. The summed E-state index contributed by atoms with van der Waals surface area (Å²) in [6.07, 6.45) is 5.87. The van der Waals surface area contributed by atoms with Gasteiger partial charge < -0.3 is 15.3 Å². The van der Waals surface area contributed by atoms with Crippen molar-refractivity contribution in [3.05, 3.63) is 53.7 Å². The predicted molar refractivity (Wildman–Crippen MR) is 123 cm³/mol. The van der Waals surface area contributed by atoms with E-state index in [1.807, 2.05) is 36.4 Å². The summed E-state index contributed by atoms with van der Waals surface area (Å²) >= 11 is 0. The van der Waals surface area contributed by atoms with Crippen molar-refractivity contribution in [2.75, 3.05) is 23.4 Å². The van der Waals surface area contributed by atoms with Crippen LogP contribution < -0.4 is 10.2 Å². The van der Waals surface area contributed by atoms with Crippen molar-refractivity contribution in [2.24, 2.45) is 0 Å². The summed E-state index contributed by atoms with van der Waals surface area (Å²) in [6, 6.07) is 11.9. The van der Waals surface area contributed by atoms with E-state index in [1.54, 1.807) is 10.7 Å². The van der Waals surface area contributed by atoms with Gasteiger partial charge in [-0.1, -0.05) is 32.9 Å². The van der Waals surface area contributed by atoms with Crippen molar-refractivity contribution in [3.63, 3.8) is 0 Å². The lowest BCUT2D eigenvalue weighted by molar-refractivity contribution is 0.102. The number of carbonyl (C=O) groups is 1. The van der Waals surface area contributed by atoms with E-state index in [2.05, 4.69) is 36.0 Å². The highest BCUT2D eigenvalue weighted by Crippen LogP contribution is 2.26. The smallest absolute Gasteiger partial charge is 0.256 e. The van der Waals surface area contributed by atoms with Gasteiger partial charge in [0.05, 0.1) is 6.20 Å². The standard InChI is InChI=1S/C24H31N5O2/c1-24(2,3)18-9-7-17(8-10-18)23(31)26-20-16-29-21(25-20)11-12-22(27-29)28-14-5-4-6-19(28)13-15-30/h7-12,16,19,30H,4-6,13-15H2,1-3H3,(H,26,31). The number of imidazole rings is 1. The summed E-state index contributed by atoms with van der Waals surface area (Å²) in [6.45, 7) is 7.56. The van der Waals surface area contributed by atoms with Gasteiger partial charge in [-0.15, -0.1) is 5.10 Å². The van der Waals surface area contributed by atoms with Crippen LogP contribution >= 0.6 is 0 Å². The molecule has 0 radical (unpaired) electrons. The number of anilines is 2. The van der Waals surface area contributed by atoms with E-state index in [9.17, 15) is 9.90 Å². The summed E-state index contributed by atoms with van der Waals surface area (Å²) in [7, 11) is 0. The number of piperidine rings is 1. The average Bonchev–Trinajstić information content (AvgIpc) is 3.15. The van der Waals surface area contributed by atoms with Crippen molar-refractivity contribution in [2.45, 2.75) is 57.9 Å². The van der Waals surface area contributed by atoms with E-state index < -0.39 is 0 Å². The molecule has 164 valence electrons. The fourth-order valence-electron chi connectivity index (χ4n) is 4.15. The molecule has 1 amide bonds. The Hall–Kier alpha value is -2.93. The van der Waals surface area contributed by atoms with Gasteiger partial charge in [-0.05, 0) is 60.9 Å². The van der Waals surface area contributed by atoms with Crippen LogP contribution in [0.25, 0.3) is 5.65 Å². The summed E-state index contributed by atoms with van der Waals surface area (Å²) < 4.78 is 1.71. The minimum absolute atomic E-state index is 0.0462. The zero-order valence-electron chi connectivity index (χ0n) is 18.5. The van der Waals surface area contributed by atoms with Crippen molar-refractivity contribution in [1.29, 1.82) is 0 Å². The van der Waals surface area contributed by atoms with E-state index >= 15 is 0 Å². The first-order valence-corrected chi connectivity index (χ1v) is 11.0. The van der Waals surface area contributed by atoms with Gasteiger partial charge >= 0.3 is 0 Å². The van der Waals surface area contributed by atoms with Crippen molar-refractivity contribution >= 4 is 23.2 Å². The van der Waals surface area contributed by atoms with Gasteiger partial charge in [0.2, 0.25) is 0 Å². The normalized spacial score (nSPS) is 17.2. The minimum Gasteiger partial charge on any atom is -0.396 e. The van der Waals surface area contributed by atoms with E-state index in [1.165, 1.54) is 12.0 Å². The average molecular weight is 422 g/mol. The van der Waals surface area contributed by atoms with Crippen LogP contribution in [0, 0.1) is 0 Å². The number of aliphatic hydroxyl groups excluding tert-OH is 1. The Kier molecular flexibility index (Phi) is 5.96. The number of aromatic nitrogens is 3. The maximum atomic E-state index is 12.7. The number of nitrogens with zero attached hydrogens (tertiary/aromatic N) is 4. The van der Waals surface area contributed by atoms with Crippen LogP contribution in [0.1, 0.15) is 62.4 Å². The van der Waals surface area contributed by atoms with Gasteiger partial charge in [0, 0.05) is 24.8 Å². The molecule has 7 nitrogen and oxygen atoms in total. The van der Waals surface area contributed by atoms with E-state index in [0.29, 0.717) is 23.1 Å². The molecule has 31 heavy (non-hydrogen) atoms.